The van der Waals surface area contributed by atoms with E-state index in [1.54, 1.807) is 19.1 Å². The first-order valence-corrected chi connectivity index (χ1v) is 8.17. The van der Waals surface area contributed by atoms with Crippen LogP contribution in [0.2, 0.25) is 0 Å². The second-order valence-corrected chi connectivity index (χ2v) is 6.85. The monoisotopic (exact) mass is 334 g/mol. The van der Waals surface area contributed by atoms with Gasteiger partial charge in [0, 0.05) is 0 Å². The van der Waals surface area contributed by atoms with Gasteiger partial charge in [-0.2, -0.15) is 0 Å². The highest BCUT2D eigenvalue weighted by molar-refractivity contribution is 5.83. The molecule has 2 aromatic carbocycles. The van der Waals surface area contributed by atoms with Crippen molar-refractivity contribution in [1.29, 1.82) is 0 Å². The molecule has 2 unspecified atom stereocenters. The number of aliphatic carboxylic acids is 1. The van der Waals surface area contributed by atoms with Crippen molar-refractivity contribution in [3.8, 4) is 0 Å². The minimum absolute atomic E-state index is 0.0169. The standard InChI is InChI=1S/C21H18O4/c1-21(20(24)25,18-14-8-4-2-6-12(14)10-16(18)22)19-15-9-5-3-7-13(15)11-17(19)23/h2-11,18-19,22-23H,1H3,(H,24,25). The van der Waals surface area contributed by atoms with Crippen LogP contribution < -0.4 is 0 Å². The van der Waals surface area contributed by atoms with Crippen LogP contribution in [0.3, 0.4) is 0 Å². The van der Waals surface area contributed by atoms with Crippen LogP contribution in [0.25, 0.3) is 12.2 Å². The van der Waals surface area contributed by atoms with Crippen molar-refractivity contribution < 1.29 is 20.1 Å². The highest BCUT2D eigenvalue weighted by Gasteiger charge is 2.55. The number of allylic oxidation sites excluding steroid dienone is 2. The van der Waals surface area contributed by atoms with Crippen LogP contribution in [-0.4, -0.2) is 21.3 Å². The van der Waals surface area contributed by atoms with E-state index in [1.165, 1.54) is 0 Å². The van der Waals surface area contributed by atoms with Gasteiger partial charge >= 0.3 is 5.97 Å². The summed E-state index contributed by atoms with van der Waals surface area (Å²) in [6.07, 6.45) is 3.23. The lowest BCUT2D eigenvalue weighted by molar-refractivity contribution is -0.150. The van der Waals surface area contributed by atoms with Crippen molar-refractivity contribution in [2.24, 2.45) is 5.41 Å². The van der Waals surface area contributed by atoms with Crippen LogP contribution in [0.4, 0.5) is 0 Å². The zero-order chi connectivity index (χ0) is 17.8. The average molecular weight is 334 g/mol. The van der Waals surface area contributed by atoms with Crippen molar-refractivity contribution in [1.82, 2.24) is 0 Å². The highest BCUT2D eigenvalue weighted by Crippen LogP contribution is 2.57. The summed E-state index contributed by atoms with van der Waals surface area (Å²) in [5.41, 5.74) is 1.73. The van der Waals surface area contributed by atoms with Gasteiger partial charge in [0.05, 0.1) is 17.3 Å². The second kappa shape index (κ2) is 5.24. The van der Waals surface area contributed by atoms with Crippen LogP contribution in [0.15, 0.2) is 60.0 Å². The van der Waals surface area contributed by atoms with Crippen molar-refractivity contribution >= 4 is 18.1 Å². The molecule has 4 nitrogen and oxygen atoms in total. The molecule has 0 heterocycles. The maximum atomic E-state index is 12.4. The van der Waals surface area contributed by atoms with E-state index < -0.39 is 23.2 Å². The summed E-state index contributed by atoms with van der Waals surface area (Å²) in [7, 11) is 0. The molecular formula is C21H18O4. The number of benzene rings is 2. The molecule has 0 radical (unpaired) electrons. The summed E-state index contributed by atoms with van der Waals surface area (Å²) in [4.78, 5) is 12.4. The SMILES string of the molecule is CC(C(=O)O)(C1C(O)=Cc2ccccc21)C1C(O)=Cc2ccccc21. The Morgan fingerprint density at radius 1 is 0.840 bits per heavy atom. The molecule has 3 N–H and O–H groups in total. The van der Waals surface area contributed by atoms with E-state index in [2.05, 4.69) is 0 Å². The third-order valence-electron chi connectivity index (χ3n) is 5.47. The van der Waals surface area contributed by atoms with Crippen LogP contribution in [0, 0.1) is 5.41 Å². The Morgan fingerprint density at radius 3 is 1.64 bits per heavy atom. The van der Waals surface area contributed by atoms with Crippen molar-refractivity contribution in [2.75, 3.05) is 0 Å². The fraction of sp³-hybridized carbons (Fsp3) is 0.190. The van der Waals surface area contributed by atoms with Gasteiger partial charge in [0.25, 0.3) is 0 Å². The fourth-order valence-electron chi connectivity index (χ4n) is 4.29. The van der Waals surface area contributed by atoms with Crippen LogP contribution in [0.5, 0.6) is 0 Å². The molecule has 2 aliphatic carbocycles. The Hall–Kier alpha value is -3.01. The molecule has 0 saturated heterocycles. The van der Waals surface area contributed by atoms with Gasteiger partial charge in [0.15, 0.2) is 0 Å². The number of hydrogen-bond donors (Lipinski definition) is 3. The number of aliphatic hydroxyl groups is 2. The van der Waals surface area contributed by atoms with Crippen molar-refractivity contribution in [2.45, 2.75) is 18.8 Å². The van der Waals surface area contributed by atoms with Gasteiger partial charge in [-0.15, -0.1) is 0 Å². The van der Waals surface area contributed by atoms with E-state index in [4.69, 9.17) is 0 Å². The topological polar surface area (TPSA) is 77.8 Å². The maximum Gasteiger partial charge on any atom is 0.311 e. The quantitative estimate of drug-likeness (QED) is 0.774. The molecule has 0 amide bonds. The van der Waals surface area contributed by atoms with E-state index in [9.17, 15) is 20.1 Å². The van der Waals surface area contributed by atoms with Gasteiger partial charge in [-0.3, -0.25) is 4.79 Å². The Bertz CT molecular complexity index is 871. The van der Waals surface area contributed by atoms with Gasteiger partial charge in [-0.25, -0.2) is 0 Å². The van der Waals surface area contributed by atoms with E-state index in [0.717, 1.165) is 22.3 Å². The molecule has 4 heteroatoms. The second-order valence-electron chi connectivity index (χ2n) is 6.85. The maximum absolute atomic E-state index is 12.4. The van der Waals surface area contributed by atoms with Crippen LogP contribution in [-0.2, 0) is 4.79 Å². The molecule has 4 rings (SSSR count). The lowest BCUT2D eigenvalue weighted by Gasteiger charge is -2.38. The smallest absolute Gasteiger partial charge is 0.311 e. The summed E-state index contributed by atoms with van der Waals surface area (Å²) in [5.74, 6) is -2.48. The largest absolute Gasteiger partial charge is 0.512 e. The first-order valence-electron chi connectivity index (χ1n) is 8.17. The third-order valence-corrected chi connectivity index (χ3v) is 5.47. The average Bonchev–Trinajstić information content (AvgIpc) is 3.09. The normalized spacial score (nSPS) is 23.2. The third kappa shape index (κ3) is 2.03. The summed E-state index contributed by atoms with van der Waals surface area (Å²) in [6, 6.07) is 14.7. The number of aliphatic hydroxyl groups excluding tert-OH is 2. The number of rotatable bonds is 3. The van der Waals surface area contributed by atoms with Crippen molar-refractivity contribution in [3.63, 3.8) is 0 Å². The summed E-state index contributed by atoms with van der Waals surface area (Å²) < 4.78 is 0. The molecule has 2 atom stereocenters. The first-order chi connectivity index (χ1) is 11.9. The Kier molecular flexibility index (Phi) is 3.25. The van der Waals surface area contributed by atoms with Crippen LogP contribution >= 0.6 is 0 Å². The summed E-state index contributed by atoms with van der Waals surface area (Å²) in [6.45, 7) is 1.60. The number of carbonyl (C=O) groups is 1. The predicted octanol–water partition coefficient (Wildman–Crippen LogP) is 4.47. The van der Waals surface area contributed by atoms with E-state index in [0.29, 0.717) is 0 Å². The van der Waals surface area contributed by atoms with Crippen molar-refractivity contribution in [3.05, 3.63) is 82.3 Å². The van der Waals surface area contributed by atoms with E-state index in [1.807, 2.05) is 48.5 Å². The van der Waals surface area contributed by atoms with Crippen LogP contribution in [0.1, 0.15) is 41.0 Å². The Balaban J connectivity index is 1.93. The molecule has 0 fully saturated rings. The molecular weight excluding hydrogens is 316 g/mol. The zero-order valence-electron chi connectivity index (χ0n) is 13.7. The fourth-order valence-corrected chi connectivity index (χ4v) is 4.29. The molecule has 0 aliphatic heterocycles. The van der Waals surface area contributed by atoms with Gasteiger partial charge in [0.1, 0.15) is 11.5 Å². The molecule has 2 aliphatic rings. The zero-order valence-corrected chi connectivity index (χ0v) is 13.7. The number of fused-ring (bicyclic) bond motifs is 2. The van der Waals surface area contributed by atoms with Gasteiger partial charge < -0.3 is 15.3 Å². The molecule has 0 spiro atoms. The molecule has 25 heavy (non-hydrogen) atoms. The first kappa shape index (κ1) is 15.5. The van der Waals surface area contributed by atoms with E-state index in [-0.39, 0.29) is 11.5 Å². The molecule has 2 aromatic rings. The van der Waals surface area contributed by atoms with Gasteiger partial charge in [-0.1, -0.05) is 48.5 Å². The lowest BCUT2D eigenvalue weighted by Crippen LogP contribution is -2.40. The molecule has 0 aromatic heterocycles. The molecule has 0 saturated carbocycles. The lowest BCUT2D eigenvalue weighted by atomic mass is 9.63. The van der Waals surface area contributed by atoms with Gasteiger partial charge in [-0.05, 0) is 41.3 Å². The Labute approximate surface area is 145 Å². The minimum atomic E-state index is -1.43. The van der Waals surface area contributed by atoms with Gasteiger partial charge in [0.2, 0.25) is 0 Å². The summed E-state index contributed by atoms with van der Waals surface area (Å²) in [5, 5.41) is 31.3. The predicted molar refractivity (Wildman–Crippen MR) is 95.3 cm³/mol. The number of hydrogen-bond acceptors (Lipinski definition) is 3. The van der Waals surface area contributed by atoms with E-state index >= 15 is 0 Å². The summed E-state index contributed by atoms with van der Waals surface area (Å²) >= 11 is 0. The number of carboxylic acids is 1. The minimum Gasteiger partial charge on any atom is -0.512 e. The highest BCUT2D eigenvalue weighted by atomic mass is 16.4. The molecule has 126 valence electrons. The Morgan fingerprint density at radius 2 is 1.24 bits per heavy atom. The number of carboxylic acid groups (broad SMARTS) is 1. The molecule has 0 bridgehead atoms.